The maximum Gasteiger partial charge on any atom is 0.417 e. The van der Waals surface area contributed by atoms with Gasteiger partial charge in [0, 0.05) is 32.4 Å². The van der Waals surface area contributed by atoms with Crippen molar-refractivity contribution in [1.29, 1.82) is 0 Å². The van der Waals surface area contributed by atoms with Crippen LogP contribution >= 0.6 is 0 Å². The van der Waals surface area contributed by atoms with Gasteiger partial charge in [0.2, 0.25) is 5.91 Å². The number of rotatable bonds is 5. The first kappa shape index (κ1) is 22.0. The summed E-state index contributed by atoms with van der Waals surface area (Å²) in [5.41, 5.74) is 0.0508. The molecule has 1 aliphatic rings. The molecule has 5 nitrogen and oxygen atoms in total. The molecule has 2 heterocycles. The van der Waals surface area contributed by atoms with Crippen LogP contribution < -0.4 is 10.2 Å². The molecule has 30 heavy (non-hydrogen) atoms. The van der Waals surface area contributed by atoms with Gasteiger partial charge in [-0.15, -0.1) is 0 Å². The molecular formula is C21H24F4N4O. The highest BCUT2D eigenvalue weighted by Gasteiger charge is 2.31. The number of hydrogen-bond acceptors (Lipinski definition) is 4. The van der Waals surface area contributed by atoms with E-state index < -0.39 is 11.7 Å². The zero-order chi connectivity index (χ0) is 21.7. The van der Waals surface area contributed by atoms with Crippen LogP contribution in [0.25, 0.3) is 0 Å². The van der Waals surface area contributed by atoms with E-state index in [0.717, 1.165) is 24.2 Å². The van der Waals surface area contributed by atoms with E-state index in [-0.39, 0.29) is 24.3 Å². The first-order valence-electron chi connectivity index (χ1n) is 9.78. The van der Waals surface area contributed by atoms with E-state index in [0.29, 0.717) is 32.0 Å². The Balaban J connectivity index is 1.51. The number of carbonyl (C=O) groups is 1. The average Bonchev–Trinajstić information content (AvgIpc) is 2.93. The van der Waals surface area contributed by atoms with Crippen LogP contribution in [0.3, 0.4) is 0 Å². The van der Waals surface area contributed by atoms with Gasteiger partial charge < -0.3 is 10.2 Å². The second kappa shape index (κ2) is 9.42. The lowest BCUT2D eigenvalue weighted by Crippen LogP contribution is -2.40. The van der Waals surface area contributed by atoms with Crippen LogP contribution in [0.2, 0.25) is 0 Å². The monoisotopic (exact) mass is 424 g/mol. The predicted molar refractivity (Wildman–Crippen MR) is 105 cm³/mol. The van der Waals surface area contributed by atoms with E-state index in [1.54, 1.807) is 12.1 Å². The molecule has 0 unspecified atom stereocenters. The van der Waals surface area contributed by atoms with E-state index in [4.69, 9.17) is 0 Å². The third kappa shape index (κ3) is 5.91. The molecule has 1 atom stereocenters. The minimum atomic E-state index is -4.40. The molecule has 0 saturated carbocycles. The van der Waals surface area contributed by atoms with Gasteiger partial charge in [-0.25, -0.2) is 9.37 Å². The molecule has 1 fully saturated rings. The van der Waals surface area contributed by atoms with Crippen molar-refractivity contribution >= 4 is 11.7 Å². The van der Waals surface area contributed by atoms with Gasteiger partial charge in [-0.2, -0.15) is 13.2 Å². The number of nitrogens with one attached hydrogen (secondary N) is 1. The number of anilines is 1. The Hall–Kier alpha value is -2.68. The number of carbonyl (C=O) groups excluding carboxylic acids is 1. The summed E-state index contributed by atoms with van der Waals surface area (Å²) in [5, 5.41) is 2.91. The molecule has 0 bridgehead atoms. The van der Waals surface area contributed by atoms with Crippen molar-refractivity contribution in [3.63, 3.8) is 0 Å². The summed E-state index contributed by atoms with van der Waals surface area (Å²) in [6.45, 7) is 4.59. The van der Waals surface area contributed by atoms with Crippen molar-refractivity contribution < 1.29 is 22.4 Å². The van der Waals surface area contributed by atoms with Crippen molar-refractivity contribution in [3.05, 3.63) is 59.5 Å². The Bertz CT molecular complexity index is 840. The number of alkyl halides is 3. The fourth-order valence-electron chi connectivity index (χ4n) is 3.42. The Morgan fingerprint density at radius 2 is 1.83 bits per heavy atom. The summed E-state index contributed by atoms with van der Waals surface area (Å²) in [6, 6.07) is 8.18. The van der Waals surface area contributed by atoms with E-state index in [1.165, 1.54) is 18.2 Å². The molecule has 162 valence electrons. The van der Waals surface area contributed by atoms with Crippen LogP contribution in [-0.2, 0) is 11.0 Å². The van der Waals surface area contributed by atoms with E-state index >= 15 is 0 Å². The third-order valence-corrected chi connectivity index (χ3v) is 5.10. The molecular weight excluding hydrogens is 400 g/mol. The Kier molecular flexibility index (Phi) is 6.91. The summed E-state index contributed by atoms with van der Waals surface area (Å²) in [4.78, 5) is 20.3. The summed E-state index contributed by atoms with van der Waals surface area (Å²) in [7, 11) is 0. The third-order valence-electron chi connectivity index (χ3n) is 5.10. The normalized spacial score (nSPS) is 16.8. The number of nitrogens with zero attached hydrogens (tertiary/aromatic N) is 3. The number of halogens is 4. The maximum atomic E-state index is 13.0. The number of aromatic nitrogens is 1. The molecule has 1 saturated heterocycles. The highest BCUT2D eigenvalue weighted by Crippen LogP contribution is 2.29. The smallest absolute Gasteiger partial charge is 0.355 e. The lowest BCUT2D eigenvalue weighted by Gasteiger charge is -2.23. The average molecular weight is 424 g/mol. The molecule has 1 aliphatic heterocycles. The molecule has 0 aliphatic carbocycles. The summed E-state index contributed by atoms with van der Waals surface area (Å²) >= 11 is 0. The molecule has 1 N–H and O–H groups in total. The molecule has 9 heteroatoms. The Labute approximate surface area is 172 Å². The van der Waals surface area contributed by atoms with E-state index in [1.807, 2.05) is 16.7 Å². The molecule has 1 aromatic carbocycles. The van der Waals surface area contributed by atoms with Gasteiger partial charge in [0.1, 0.15) is 11.6 Å². The number of benzene rings is 1. The predicted octanol–water partition coefficient (Wildman–Crippen LogP) is 3.63. The van der Waals surface area contributed by atoms with Gasteiger partial charge in [0.25, 0.3) is 0 Å². The minimum absolute atomic E-state index is 0.132. The van der Waals surface area contributed by atoms with Gasteiger partial charge in [-0.1, -0.05) is 12.1 Å². The second-order valence-electron chi connectivity index (χ2n) is 7.36. The van der Waals surface area contributed by atoms with Crippen LogP contribution in [0, 0.1) is 5.82 Å². The molecule has 3 rings (SSSR count). The molecule has 1 amide bonds. The fraction of sp³-hybridized carbons (Fsp3) is 0.429. The van der Waals surface area contributed by atoms with E-state index in [9.17, 15) is 22.4 Å². The van der Waals surface area contributed by atoms with Crippen molar-refractivity contribution in [3.8, 4) is 0 Å². The van der Waals surface area contributed by atoms with Crippen LogP contribution in [0.5, 0.6) is 0 Å². The summed E-state index contributed by atoms with van der Waals surface area (Å²) in [6.07, 6.45) is -2.79. The van der Waals surface area contributed by atoms with Crippen molar-refractivity contribution in [2.45, 2.75) is 25.6 Å². The van der Waals surface area contributed by atoms with Gasteiger partial charge in [-0.3, -0.25) is 9.69 Å². The zero-order valence-electron chi connectivity index (χ0n) is 16.6. The fourth-order valence-corrected chi connectivity index (χ4v) is 3.42. The van der Waals surface area contributed by atoms with Crippen LogP contribution in [0.4, 0.5) is 23.4 Å². The second-order valence-corrected chi connectivity index (χ2v) is 7.36. The van der Waals surface area contributed by atoms with Gasteiger partial charge in [-0.05, 0) is 43.2 Å². The van der Waals surface area contributed by atoms with Crippen LogP contribution in [-0.4, -0.2) is 48.5 Å². The first-order valence-corrected chi connectivity index (χ1v) is 9.78. The van der Waals surface area contributed by atoms with E-state index in [2.05, 4.69) is 10.3 Å². The molecule has 2 aromatic rings. The van der Waals surface area contributed by atoms with Crippen LogP contribution in [0.15, 0.2) is 42.6 Å². The number of hydrogen-bond donors (Lipinski definition) is 1. The topological polar surface area (TPSA) is 48.5 Å². The minimum Gasteiger partial charge on any atom is -0.355 e. The summed E-state index contributed by atoms with van der Waals surface area (Å²) in [5.74, 6) is 0.0427. The molecule has 0 radical (unpaired) electrons. The maximum absolute atomic E-state index is 13.0. The first-order chi connectivity index (χ1) is 14.2. The molecule has 0 spiro atoms. The number of amides is 1. The van der Waals surface area contributed by atoms with Crippen molar-refractivity contribution in [2.75, 3.05) is 37.6 Å². The quantitative estimate of drug-likeness (QED) is 0.745. The van der Waals surface area contributed by atoms with Gasteiger partial charge >= 0.3 is 6.18 Å². The highest BCUT2D eigenvalue weighted by atomic mass is 19.4. The summed E-state index contributed by atoms with van der Waals surface area (Å²) < 4.78 is 51.1. The SMILES string of the molecule is C[C@@H](NC(=O)CN1CCCN(c2ccc(C(F)(F)F)cn2)CC1)c1ccc(F)cc1. The van der Waals surface area contributed by atoms with Crippen LogP contribution in [0.1, 0.15) is 30.5 Å². The molecule has 1 aromatic heterocycles. The Morgan fingerprint density at radius 1 is 1.10 bits per heavy atom. The van der Waals surface area contributed by atoms with Crippen molar-refractivity contribution in [1.82, 2.24) is 15.2 Å². The van der Waals surface area contributed by atoms with Gasteiger partial charge in [0.05, 0.1) is 18.2 Å². The number of pyridine rings is 1. The van der Waals surface area contributed by atoms with Crippen molar-refractivity contribution in [2.24, 2.45) is 0 Å². The standard InChI is InChI=1S/C21H24F4N4O/c1-15(16-3-6-18(22)7-4-16)27-20(30)14-28-9-2-10-29(12-11-28)19-8-5-17(13-26-19)21(23,24)25/h3-8,13,15H,2,9-12,14H2,1H3,(H,27,30)/t15-/m1/s1. The Morgan fingerprint density at radius 3 is 2.47 bits per heavy atom. The lowest BCUT2D eigenvalue weighted by molar-refractivity contribution is -0.137. The van der Waals surface area contributed by atoms with Gasteiger partial charge in [0.15, 0.2) is 0 Å². The zero-order valence-corrected chi connectivity index (χ0v) is 16.6. The highest BCUT2D eigenvalue weighted by molar-refractivity contribution is 5.78. The lowest BCUT2D eigenvalue weighted by atomic mass is 10.1. The largest absolute Gasteiger partial charge is 0.417 e.